The van der Waals surface area contributed by atoms with Crippen molar-refractivity contribution >= 4 is 34.8 Å². The van der Waals surface area contributed by atoms with Crippen LogP contribution in [0.3, 0.4) is 0 Å². The predicted molar refractivity (Wildman–Crippen MR) is 79.0 cm³/mol. The number of ether oxygens (including phenoxy) is 1. The monoisotopic (exact) mass is 309 g/mol. The number of rotatable bonds is 5. The first-order valence-corrected chi connectivity index (χ1v) is 6.84. The van der Waals surface area contributed by atoms with E-state index in [1.807, 2.05) is 26.8 Å². The van der Waals surface area contributed by atoms with Gasteiger partial charge in [-0.25, -0.2) is 0 Å². The maximum absolute atomic E-state index is 6.19. The summed E-state index contributed by atoms with van der Waals surface area (Å²) < 4.78 is 5.35. The van der Waals surface area contributed by atoms with Gasteiger partial charge >= 0.3 is 0 Å². The SMILES string of the molecule is COC(C)(C)CNC(C)c1ccc(Cl)c(Cl)c1Cl. The lowest BCUT2D eigenvalue weighted by atomic mass is 10.1. The summed E-state index contributed by atoms with van der Waals surface area (Å²) in [6.07, 6.45) is 0. The van der Waals surface area contributed by atoms with Crippen LogP contribution in [0.2, 0.25) is 15.1 Å². The van der Waals surface area contributed by atoms with E-state index >= 15 is 0 Å². The summed E-state index contributed by atoms with van der Waals surface area (Å²) in [4.78, 5) is 0. The van der Waals surface area contributed by atoms with Crippen molar-refractivity contribution in [3.05, 3.63) is 32.8 Å². The van der Waals surface area contributed by atoms with Crippen LogP contribution in [0.25, 0.3) is 0 Å². The quantitative estimate of drug-likeness (QED) is 0.794. The molecule has 1 N–H and O–H groups in total. The van der Waals surface area contributed by atoms with E-state index in [2.05, 4.69) is 5.32 Å². The lowest BCUT2D eigenvalue weighted by molar-refractivity contribution is 0.0214. The van der Waals surface area contributed by atoms with Gasteiger partial charge in [0.1, 0.15) is 0 Å². The molecule has 18 heavy (non-hydrogen) atoms. The largest absolute Gasteiger partial charge is 0.377 e. The molecule has 102 valence electrons. The molecule has 0 aliphatic rings. The molecule has 2 nitrogen and oxygen atoms in total. The highest BCUT2D eigenvalue weighted by atomic mass is 35.5. The van der Waals surface area contributed by atoms with E-state index in [0.717, 1.165) is 5.56 Å². The minimum absolute atomic E-state index is 0.0710. The lowest BCUT2D eigenvalue weighted by Gasteiger charge is -2.26. The van der Waals surface area contributed by atoms with E-state index in [4.69, 9.17) is 39.5 Å². The summed E-state index contributed by atoms with van der Waals surface area (Å²) in [7, 11) is 1.69. The Kier molecular flexibility index (Phi) is 5.75. The molecule has 0 heterocycles. The zero-order valence-corrected chi connectivity index (χ0v) is 13.2. The topological polar surface area (TPSA) is 21.3 Å². The molecule has 0 saturated heterocycles. The van der Waals surface area contributed by atoms with Crippen molar-refractivity contribution in [1.82, 2.24) is 5.32 Å². The average Bonchev–Trinajstić information content (AvgIpc) is 2.33. The number of benzene rings is 1. The molecule has 1 atom stereocenters. The van der Waals surface area contributed by atoms with Gasteiger partial charge in [0.25, 0.3) is 0 Å². The fraction of sp³-hybridized carbons (Fsp3) is 0.538. The smallest absolute Gasteiger partial charge is 0.0781 e. The van der Waals surface area contributed by atoms with E-state index in [-0.39, 0.29) is 11.6 Å². The van der Waals surface area contributed by atoms with Crippen molar-refractivity contribution in [2.24, 2.45) is 0 Å². The van der Waals surface area contributed by atoms with Crippen molar-refractivity contribution in [3.8, 4) is 0 Å². The standard InChI is InChI=1S/C13H18Cl3NO/c1-8(17-7-13(2,3)18-4)9-5-6-10(14)12(16)11(9)15/h5-6,8,17H,7H2,1-4H3. The Balaban J connectivity index is 2.79. The molecule has 0 radical (unpaired) electrons. The molecule has 0 aliphatic heterocycles. The number of nitrogens with one attached hydrogen (secondary N) is 1. The molecule has 1 unspecified atom stereocenters. The molecule has 5 heteroatoms. The number of methoxy groups -OCH3 is 1. The van der Waals surface area contributed by atoms with E-state index in [9.17, 15) is 0 Å². The van der Waals surface area contributed by atoms with Gasteiger partial charge in [-0.1, -0.05) is 40.9 Å². The minimum Gasteiger partial charge on any atom is -0.377 e. The average molecular weight is 311 g/mol. The van der Waals surface area contributed by atoms with Gasteiger partial charge in [-0.15, -0.1) is 0 Å². The Labute approximate surface area is 124 Å². The normalized spacial score (nSPS) is 13.7. The van der Waals surface area contributed by atoms with Crippen molar-refractivity contribution in [2.45, 2.75) is 32.4 Å². The lowest BCUT2D eigenvalue weighted by Crippen LogP contribution is -2.37. The number of hydrogen-bond acceptors (Lipinski definition) is 2. The van der Waals surface area contributed by atoms with Gasteiger partial charge in [0.05, 0.1) is 20.7 Å². The minimum atomic E-state index is -0.225. The molecular weight excluding hydrogens is 293 g/mol. The Morgan fingerprint density at radius 1 is 1.22 bits per heavy atom. The molecule has 1 aromatic rings. The summed E-state index contributed by atoms with van der Waals surface area (Å²) >= 11 is 18.1. The summed E-state index contributed by atoms with van der Waals surface area (Å²) in [5.74, 6) is 0. The van der Waals surface area contributed by atoms with Crippen LogP contribution in [0.15, 0.2) is 12.1 Å². The van der Waals surface area contributed by atoms with E-state index in [1.165, 1.54) is 0 Å². The van der Waals surface area contributed by atoms with Crippen LogP contribution in [0.5, 0.6) is 0 Å². The first-order valence-electron chi connectivity index (χ1n) is 5.70. The molecule has 0 aromatic heterocycles. The highest BCUT2D eigenvalue weighted by molar-refractivity contribution is 6.48. The summed E-state index contributed by atoms with van der Waals surface area (Å²) in [6.45, 7) is 6.77. The Bertz CT molecular complexity index is 421. The third-order valence-corrected chi connectivity index (χ3v) is 4.23. The van der Waals surface area contributed by atoms with Crippen LogP contribution in [-0.4, -0.2) is 19.3 Å². The predicted octanol–water partition coefficient (Wildman–Crippen LogP) is 4.72. The second kappa shape index (κ2) is 6.44. The van der Waals surface area contributed by atoms with Gasteiger partial charge in [-0.3, -0.25) is 0 Å². The molecule has 0 saturated carbocycles. The molecule has 0 fully saturated rings. The zero-order chi connectivity index (χ0) is 13.9. The van der Waals surface area contributed by atoms with Crippen molar-refractivity contribution in [3.63, 3.8) is 0 Å². The summed E-state index contributed by atoms with van der Waals surface area (Å²) in [6, 6.07) is 3.71. The van der Waals surface area contributed by atoms with Crippen LogP contribution in [0.1, 0.15) is 32.4 Å². The second-order valence-electron chi connectivity index (χ2n) is 4.83. The van der Waals surface area contributed by atoms with Gasteiger partial charge < -0.3 is 10.1 Å². The fourth-order valence-electron chi connectivity index (χ4n) is 1.46. The molecule has 0 bridgehead atoms. The third-order valence-electron chi connectivity index (χ3n) is 2.92. The van der Waals surface area contributed by atoms with Gasteiger partial charge in [0.15, 0.2) is 0 Å². The number of hydrogen-bond donors (Lipinski definition) is 1. The van der Waals surface area contributed by atoms with Crippen LogP contribution >= 0.6 is 34.8 Å². The first kappa shape index (κ1) is 16.1. The number of halogens is 3. The summed E-state index contributed by atoms with van der Waals surface area (Å²) in [5.41, 5.74) is 0.703. The Hall–Kier alpha value is 0.01000. The maximum Gasteiger partial charge on any atom is 0.0781 e. The Morgan fingerprint density at radius 3 is 2.39 bits per heavy atom. The highest BCUT2D eigenvalue weighted by Crippen LogP contribution is 2.35. The Morgan fingerprint density at radius 2 is 1.83 bits per heavy atom. The van der Waals surface area contributed by atoms with Gasteiger partial charge in [-0.05, 0) is 32.4 Å². The molecule has 1 rings (SSSR count). The van der Waals surface area contributed by atoms with E-state index in [0.29, 0.717) is 21.6 Å². The van der Waals surface area contributed by atoms with E-state index < -0.39 is 0 Å². The molecule has 1 aromatic carbocycles. The molecule has 0 spiro atoms. The zero-order valence-electron chi connectivity index (χ0n) is 11.0. The van der Waals surface area contributed by atoms with Crippen molar-refractivity contribution in [1.29, 1.82) is 0 Å². The van der Waals surface area contributed by atoms with Crippen molar-refractivity contribution < 1.29 is 4.74 Å². The highest BCUT2D eigenvalue weighted by Gasteiger charge is 2.19. The van der Waals surface area contributed by atoms with Crippen LogP contribution in [0, 0.1) is 0 Å². The van der Waals surface area contributed by atoms with Crippen LogP contribution in [0.4, 0.5) is 0 Å². The first-order chi connectivity index (χ1) is 8.28. The maximum atomic E-state index is 6.19. The third kappa shape index (κ3) is 4.01. The second-order valence-corrected chi connectivity index (χ2v) is 5.99. The molecular formula is C13H18Cl3NO. The van der Waals surface area contributed by atoms with Gasteiger partial charge in [0.2, 0.25) is 0 Å². The van der Waals surface area contributed by atoms with Crippen molar-refractivity contribution in [2.75, 3.05) is 13.7 Å². The van der Waals surface area contributed by atoms with Gasteiger partial charge in [-0.2, -0.15) is 0 Å². The van der Waals surface area contributed by atoms with Crippen LogP contribution in [-0.2, 0) is 4.74 Å². The van der Waals surface area contributed by atoms with Crippen LogP contribution < -0.4 is 5.32 Å². The molecule has 0 aliphatic carbocycles. The van der Waals surface area contributed by atoms with Gasteiger partial charge in [0, 0.05) is 19.7 Å². The summed E-state index contributed by atoms with van der Waals surface area (Å²) in [5, 5.41) is 4.73. The van der Waals surface area contributed by atoms with E-state index in [1.54, 1.807) is 13.2 Å². The fourth-order valence-corrected chi connectivity index (χ4v) is 2.16. The molecule has 0 amide bonds.